The number of para-hydroxylation sites is 1. The number of rotatable bonds is 6. The topological polar surface area (TPSA) is 85.9 Å². The molecule has 0 saturated heterocycles. The van der Waals surface area contributed by atoms with Crippen molar-refractivity contribution in [2.75, 3.05) is 5.32 Å². The van der Waals surface area contributed by atoms with Crippen molar-refractivity contribution >= 4 is 11.5 Å². The van der Waals surface area contributed by atoms with Gasteiger partial charge in [0.05, 0.1) is 16.3 Å². The highest BCUT2D eigenvalue weighted by molar-refractivity contribution is 5.64. The van der Waals surface area contributed by atoms with Crippen LogP contribution in [0.2, 0.25) is 0 Å². The lowest BCUT2D eigenvalue weighted by Crippen LogP contribution is -2.04. The first-order valence-electron chi connectivity index (χ1n) is 8.75. The van der Waals surface area contributed by atoms with E-state index in [9.17, 15) is 10.1 Å². The van der Waals surface area contributed by atoms with E-state index < -0.39 is 4.92 Å². The summed E-state index contributed by atoms with van der Waals surface area (Å²) in [6.45, 7) is 0.356. The maximum atomic E-state index is 11.2. The first-order chi connectivity index (χ1) is 13.7. The molecular weight excluding hydrogens is 354 g/mol. The SMILES string of the molecule is O=[N+]([O-])c1cccnc1NCc1cn(-c2ccccc2)nc1-c1ccccc1. The van der Waals surface area contributed by atoms with Gasteiger partial charge in [0.2, 0.25) is 5.82 Å². The van der Waals surface area contributed by atoms with Crippen molar-refractivity contribution in [2.45, 2.75) is 6.54 Å². The van der Waals surface area contributed by atoms with E-state index in [-0.39, 0.29) is 11.5 Å². The summed E-state index contributed by atoms with van der Waals surface area (Å²) in [6.07, 6.45) is 3.46. The van der Waals surface area contributed by atoms with Gasteiger partial charge in [-0.05, 0) is 18.2 Å². The van der Waals surface area contributed by atoms with Gasteiger partial charge in [0.1, 0.15) is 0 Å². The zero-order chi connectivity index (χ0) is 19.3. The molecule has 2 heterocycles. The molecule has 0 spiro atoms. The number of hydrogen-bond acceptors (Lipinski definition) is 5. The van der Waals surface area contributed by atoms with Crippen LogP contribution in [0.1, 0.15) is 5.56 Å². The molecule has 0 unspecified atom stereocenters. The molecule has 0 bridgehead atoms. The van der Waals surface area contributed by atoms with Crippen molar-refractivity contribution in [2.24, 2.45) is 0 Å². The van der Waals surface area contributed by atoms with Gasteiger partial charge >= 0.3 is 5.69 Å². The van der Waals surface area contributed by atoms with Gasteiger partial charge in [-0.1, -0.05) is 48.5 Å². The Kier molecular flexibility index (Phi) is 4.79. The Morgan fingerprint density at radius 2 is 1.68 bits per heavy atom. The third kappa shape index (κ3) is 3.59. The van der Waals surface area contributed by atoms with Crippen LogP contribution in [0.15, 0.2) is 85.2 Å². The van der Waals surface area contributed by atoms with Gasteiger partial charge in [-0.3, -0.25) is 10.1 Å². The van der Waals surface area contributed by atoms with E-state index in [0.717, 1.165) is 22.5 Å². The molecule has 0 aliphatic carbocycles. The average Bonchev–Trinajstić information content (AvgIpc) is 3.18. The molecule has 2 aromatic carbocycles. The Morgan fingerprint density at radius 1 is 0.964 bits per heavy atom. The minimum Gasteiger partial charge on any atom is -0.360 e. The standard InChI is InChI=1S/C21H17N5O2/c27-26(28)19-12-7-13-22-21(19)23-14-17-15-25(18-10-5-2-6-11-18)24-20(17)16-8-3-1-4-9-16/h1-13,15H,14H2,(H,22,23). The van der Waals surface area contributed by atoms with Gasteiger partial charge in [0, 0.05) is 36.1 Å². The molecule has 0 saturated carbocycles. The summed E-state index contributed by atoms with van der Waals surface area (Å²) in [5.74, 6) is 0.235. The predicted octanol–water partition coefficient (Wildman–Crippen LogP) is 4.45. The monoisotopic (exact) mass is 371 g/mol. The summed E-state index contributed by atoms with van der Waals surface area (Å²) >= 11 is 0. The van der Waals surface area contributed by atoms with Crippen molar-refractivity contribution in [1.82, 2.24) is 14.8 Å². The summed E-state index contributed by atoms with van der Waals surface area (Å²) in [7, 11) is 0. The number of nitrogens with zero attached hydrogens (tertiary/aromatic N) is 4. The fourth-order valence-electron chi connectivity index (χ4n) is 2.95. The number of hydrogen-bond donors (Lipinski definition) is 1. The fourth-order valence-corrected chi connectivity index (χ4v) is 2.95. The summed E-state index contributed by atoms with van der Waals surface area (Å²) < 4.78 is 1.81. The fraction of sp³-hybridized carbons (Fsp3) is 0.0476. The lowest BCUT2D eigenvalue weighted by molar-refractivity contribution is -0.384. The van der Waals surface area contributed by atoms with Crippen LogP contribution in [0.5, 0.6) is 0 Å². The number of nitrogens with one attached hydrogen (secondary N) is 1. The molecule has 0 amide bonds. The molecule has 4 aromatic rings. The molecule has 0 aliphatic rings. The molecule has 2 aromatic heterocycles. The maximum absolute atomic E-state index is 11.2. The van der Waals surface area contributed by atoms with E-state index in [0.29, 0.717) is 6.54 Å². The third-order valence-electron chi connectivity index (χ3n) is 4.29. The van der Waals surface area contributed by atoms with Crippen molar-refractivity contribution in [3.63, 3.8) is 0 Å². The number of aromatic nitrogens is 3. The molecule has 0 fully saturated rings. The second-order valence-electron chi connectivity index (χ2n) is 6.13. The van der Waals surface area contributed by atoms with Crippen LogP contribution in [-0.4, -0.2) is 19.7 Å². The Labute approximate surface area is 161 Å². The zero-order valence-corrected chi connectivity index (χ0v) is 14.9. The summed E-state index contributed by atoms with van der Waals surface area (Å²) in [5.41, 5.74) is 3.59. The van der Waals surface area contributed by atoms with Crippen LogP contribution in [0.3, 0.4) is 0 Å². The second kappa shape index (κ2) is 7.71. The lowest BCUT2D eigenvalue weighted by atomic mass is 10.1. The van der Waals surface area contributed by atoms with Crippen molar-refractivity contribution < 1.29 is 4.92 Å². The molecule has 7 nitrogen and oxygen atoms in total. The van der Waals surface area contributed by atoms with Crippen LogP contribution in [-0.2, 0) is 6.54 Å². The van der Waals surface area contributed by atoms with E-state index in [1.54, 1.807) is 6.07 Å². The summed E-state index contributed by atoms with van der Waals surface area (Å²) in [5, 5.41) is 19.0. The van der Waals surface area contributed by atoms with Crippen LogP contribution in [0.25, 0.3) is 16.9 Å². The smallest absolute Gasteiger partial charge is 0.311 e. The molecule has 138 valence electrons. The largest absolute Gasteiger partial charge is 0.360 e. The van der Waals surface area contributed by atoms with Crippen molar-refractivity contribution in [1.29, 1.82) is 0 Å². The molecule has 28 heavy (non-hydrogen) atoms. The van der Waals surface area contributed by atoms with Gasteiger partial charge in [-0.2, -0.15) is 5.10 Å². The Bertz CT molecular complexity index is 1090. The third-order valence-corrected chi connectivity index (χ3v) is 4.29. The zero-order valence-electron chi connectivity index (χ0n) is 14.9. The second-order valence-corrected chi connectivity index (χ2v) is 6.13. The van der Waals surface area contributed by atoms with E-state index in [4.69, 9.17) is 5.10 Å². The molecule has 1 N–H and O–H groups in total. The summed E-state index contributed by atoms with van der Waals surface area (Å²) in [6, 6.07) is 22.6. The normalized spacial score (nSPS) is 10.6. The lowest BCUT2D eigenvalue weighted by Gasteiger charge is -2.06. The van der Waals surface area contributed by atoms with E-state index in [2.05, 4.69) is 10.3 Å². The molecular formula is C21H17N5O2. The maximum Gasteiger partial charge on any atom is 0.311 e. The van der Waals surface area contributed by atoms with Gasteiger partial charge in [0.25, 0.3) is 0 Å². The van der Waals surface area contributed by atoms with Crippen LogP contribution < -0.4 is 5.32 Å². The highest BCUT2D eigenvalue weighted by Crippen LogP contribution is 2.26. The average molecular weight is 371 g/mol. The number of benzene rings is 2. The highest BCUT2D eigenvalue weighted by atomic mass is 16.6. The van der Waals surface area contributed by atoms with Gasteiger partial charge in [-0.15, -0.1) is 0 Å². The Balaban J connectivity index is 1.70. The molecule has 0 atom stereocenters. The molecule has 7 heteroatoms. The molecule has 0 aliphatic heterocycles. The predicted molar refractivity (Wildman–Crippen MR) is 107 cm³/mol. The Hall–Kier alpha value is -4.00. The molecule has 4 rings (SSSR count). The van der Waals surface area contributed by atoms with E-state index >= 15 is 0 Å². The van der Waals surface area contributed by atoms with Crippen LogP contribution in [0, 0.1) is 10.1 Å². The minimum atomic E-state index is -0.444. The number of pyridine rings is 1. The molecule has 0 radical (unpaired) electrons. The first-order valence-corrected chi connectivity index (χ1v) is 8.75. The number of nitro groups is 1. The highest BCUT2D eigenvalue weighted by Gasteiger charge is 2.16. The van der Waals surface area contributed by atoms with E-state index in [1.165, 1.54) is 12.3 Å². The van der Waals surface area contributed by atoms with Gasteiger partial charge < -0.3 is 5.32 Å². The summed E-state index contributed by atoms with van der Waals surface area (Å²) in [4.78, 5) is 14.9. The number of anilines is 1. The van der Waals surface area contributed by atoms with Crippen molar-refractivity contribution in [3.8, 4) is 16.9 Å². The minimum absolute atomic E-state index is 0.0563. The van der Waals surface area contributed by atoms with Crippen LogP contribution >= 0.6 is 0 Å². The van der Waals surface area contributed by atoms with Crippen LogP contribution in [0.4, 0.5) is 11.5 Å². The Morgan fingerprint density at radius 3 is 2.39 bits per heavy atom. The first kappa shape index (κ1) is 17.4. The quantitative estimate of drug-likeness (QED) is 0.400. The van der Waals surface area contributed by atoms with E-state index in [1.807, 2.05) is 71.5 Å². The van der Waals surface area contributed by atoms with Gasteiger partial charge in [0.15, 0.2) is 0 Å². The van der Waals surface area contributed by atoms with Gasteiger partial charge in [-0.25, -0.2) is 9.67 Å². The van der Waals surface area contributed by atoms with Crippen molar-refractivity contribution in [3.05, 3.63) is 101 Å².